The van der Waals surface area contributed by atoms with Crippen LogP contribution in [-0.4, -0.2) is 16.9 Å². The number of fused-ring (bicyclic) bond motifs is 1. The molecule has 2 atom stereocenters. The Morgan fingerprint density at radius 2 is 1.79 bits per heavy atom. The molecule has 0 saturated heterocycles. The Morgan fingerprint density at radius 1 is 1.12 bits per heavy atom. The van der Waals surface area contributed by atoms with Gasteiger partial charge < -0.3 is 16.0 Å². The van der Waals surface area contributed by atoms with E-state index in [0.717, 1.165) is 22.0 Å². The molecule has 5 heteroatoms. The van der Waals surface area contributed by atoms with E-state index in [-0.39, 0.29) is 24.4 Å². The summed E-state index contributed by atoms with van der Waals surface area (Å²) in [6.45, 7) is 1.96. The number of rotatable bonds is 5. The van der Waals surface area contributed by atoms with Gasteiger partial charge in [-0.05, 0) is 30.5 Å². The molecule has 0 aliphatic rings. The first kappa shape index (κ1) is 18.0. The van der Waals surface area contributed by atoms with Crippen LogP contribution in [0.4, 0.5) is 0 Å². The summed E-state index contributed by atoms with van der Waals surface area (Å²) >= 11 is 0. The minimum atomic E-state index is -0.569. The lowest BCUT2D eigenvalue weighted by Crippen LogP contribution is -2.42. The van der Waals surface area contributed by atoms with Crippen LogP contribution in [0.2, 0.25) is 0 Å². The van der Waals surface area contributed by atoms with Crippen LogP contribution in [0.25, 0.3) is 10.9 Å². The number of hydrogen-bond acceptors (Lipinski definition) is 2. The molecule has 4 nitrogen and oxygen atoms in total. The third-order valence-electron chi connectivity index (χ3n) is 4.11. The number of para-hydroxylation sites is 1. The third kappa shape index (κ3) is 3.96. The Morgan fingerprint density at radius 3 is 2.54 bits per heavy atom. The largest absolute Gasteiger partial charge is 0.361 e. The second-order valence-corrected chi connectivity index (χ2v) is 5.81. The summed E-state index contributed by atoms with van der Waals surface area (Å²) in [4.78, 5) is 15.6. The van der Waals surface area contributed by atoms with Gasteiger partial charge in [0.2, 0.25) is 5.91 Å². The minimum absolute atomic E-state index is 0. The molecule has 1 aromatic heterocycles. The Hall–Kier alpha value is -2.30. The fourth-order valence-electron chi connectivity index (χ4n) is 2.78. The van der Waals surface area contributed by atoms with E-state index in [1.54, 1.807) is 0 Å². The molecule has 1 heterocycles. The molecule has 4 N–H and O–H groups in total. The maximum Gasteiger partial charge on any atom is 0.237 e. The molecule has 126 valence electrons. The van der Waals surface area contributed by atoms with Crippen molar-refractivity contribution in [2.75, 3.05) is 0 Å². The van der Waals surface area contributed by atoms with Crippen LogP contribution in [0.15, 0.2) is 60.8 Å². The number of hydrogen-bond donors (Lipinski definition) is 3. The first-order valence-electron chi connectivity index (χ1n) is 7.81. The molecule has 0 bridgehead atoms. The van der Waals surface area contributed by atoms with Crippen molar-refractivity contribution in [1.29, 1.82) is 0 Å². The fraction of sp³-hybridized carbons (Fsp3) is 0.211. The summed E-state index contributed by atoms with van der Waals surface area (Å²) in [5.41, 5.74) is 9.30. The van der Waals surface area contributed by atoms with Crippen LogP contribution < -0.4 is 11.1 Å². The molecule has 0 aliphatic heterocycles. The molecule has 0 fully saturated rings. The number of halogens is 1. The molecule has 24 heavy (non-hydrogen) atoms. The number of H-pyrrole nitrogens is 1. The highest BCUT2D eigenvalue weighted by atomic mass is 35.5. The second-order valence-electron chi connectivity index (χ2n) is 5.81. The smallest absolute Gasteiger partial charge is 0.237 e. The average molecular weight is 344 g/mol. The van der Waals surface area contributed by atoms with E-state index in [1.807, 2.05) is 67.7 Å². The average Bonchev–Trinajstić information content (AvgIpc) is 2.98. The van der Waals surface area contributed by atoms with Crippen molar-refractivity contribution in [1.82, 2.24) is 10.3 Å². The molecule has 0 saturated carbocycles. The normalized spacial score (nSPS) is 13.1. The first-order chi connectivity index (χ1) is 11.1. The zero-order valence-corrected chi connectivity index (χ0v) is 14.3. The molecular formula is C19H22ClN3O. The van der Waals surface area contributed by atoms with Gasteiger partial charge >= 0.3 is 0 Å². The third-order valence-corrected chi connectivity index (χ3v) is 4.11. The van der Waals surface area contributed by atoms with E-state index in [1.165, 1.54) is 0 Å². The van der Waals surface area contributed by atoms with Crippen molar-refractivity contribution in [3.8, 4) is 0 Å². The van der Waals surface area contributed by atoms with Crippen molar-refractivity contribution in [3.05, 3.63) is 71.9 Å². The Labute approximate surface area is 147 Å². The lowest BCUT2D eigenvalue weighted by Gasteiger charge is -2.17. The van der Waals surface area contributed by atoms with E-state index in [4.69, 9.17) is 5.73 Å². The summed E-state index contributed by atoms with van der Waals surface area (Å²) in [7, 11) is 0. The maximum atomic E-state index is 12.3. The number of nitrogens with one attached hydrogen (secondary N) is 2. The van der Waals surface area contributed by atoms with Gasteiger partial charge in [-0.15, -0.1) is 12.4 Å². The number of carbonyl (C=O) groups is 1. The van der Waals surface area contributed by atoms with Gasteiger partial charge in [0, 0.05) is 17.1 Å². The van der Waals surface area contributed by atoms with Gasteiger partial charge in [0.1, 0.15) is 0 Å². The van der Waals surface area contributed by atoms with Gasteiger partial charge in [0.15, 0.2) is 0 Å². The molecular weight excluding hydrogens is 322 g/mol. The monoisotopic (exact) mass is 343 g/mol. The van der Waals surface area contributed by atoms with Crippen LogP contribution in [0.5, 0.6) is 0 Å². The number of carbonyl (C=O) groups excluding carboxylic acids is 1. The molecule has 0 radical (unpaired) electrons. The highest BCUT2D eigenvalue weighted by Gasteiger charge is 2.18. The number of nitrogens with two attached hydrogens (primary N) is 1. The van der Waals surface area contributed by atoms with Gasteiger partial charge in [-0.1, -0.05) is 48.5 Å². The molecule has 3 aromatic rings. The van der Waals surface area contributed by atoms with Crippen LogP contribution >= 0.6 is 12.4 Å². The Kier molecular flexibility index (Phi) is 6.01. The predicted octanol–water partition coefficient (Wildman–Crippen LogP) is 3.34. The number of benzene rings is 2. The highest BCUT2D eigenvalue weighted by molar-refractivity contribution is 5.86. The van der Waals surface area contributed by atoms with Crippen molar-refractivity contribution in [2.45, 2.75) is 25.4 Å². The SMILES string of the molecule is C[C@H](NC(=O)[C@@H](N)Cc1c[nH]c2ccccc12)c1ccccc1.Cl. The standard InChI is InChI=1S/C19H21N3O.ClH/c1-13(14-7-3-2-4-8-14)22-19(23)17(20)11-15-12-21-18-10-6-5-9-16(15)18;/h2-10,12-13,17,21H,11,20H2,1H3,(H,22,23);1H/t13-,17-;/m0./s1. The van der Waals surface area contributed by atoms with Crippen molar-refractivity contribution in [2.24, 2.45) is 5.73 Å². The number of aromatic nitrogens is 1. The van der Waals surface area contributed by atoms with Gasteiger partial charge in [-0.3, -0.25) is 4.79 Å². The molecule has 2 aromatic carbocycles. The minimum Gasteiger partial charge on any atom is -0.361 e. The molecule has 3 rings (SSSR count). The topological polar surface area (TPSA) is 70.9 Å². The van der Waals surface area contributed by atoms with E-state index < -0.39 is 6.04 Å². The molecule has 0 unspecified atom stereocenters. The molecule has 1 amide bonds. The predicted molar refractivity (Wildman–Crippen MR) is 100 cm³/mol. The van der Waals surface area contributed by atoms with Crippen LogP contribution in [-0.2, 0) is 11.2 Å². The summed E-state index contributed by atoms with van der Waals surface area (Å²) in [5.74, 6) is -0.133. The van der Waals surface area contributed by atoms with E-state index in [9.17, 15) is 4.79 Å². The van der Waals surface area contributed by atoms with E-state index >= 15 is 0 Å². The maximum absolute atomic E-state index is 12.3. The highest BCUT2D eigenvalue weighted by Crippen LogP contribution is 2.19. The lowest BCUT2D eigenvalue weighted by molar-refractivity contribution is -0.123. The van der Waals surface area contributed by atoms with Gasteiger partial charge in [0.05, 0.1) is 12.1 Å². The summed E-state index contributed by atoms with van der Waals surface area (Å²) in [6, 6.07) is 17.3. The summed E-state index contributed by atoms with van der Waals surface area (Å²) in [6.07, 6.45) is 2.44. The quantitative estimate of drug-likeness (QED) is 0.665. The fourth-order valence-corrected chi connectivity index (χ4v) is 2.78. The zero-order valence-electron chi connectivity index (χ0n) is 13.5. The van der Waals surface area contributed by atoms with Crippen molar-refractivity contribution < 1.29 is 4.79 Å². The van der Waals surface area contributed by atoms with Gasteiger partial charge in [-0.25, -0.2) is 0 Å². The zero-order chi connectivity index (χ0) is 16.2. The number of aromatic amines is 1. The van der Waals surface area contributed by atoms with Crippen LogP contribution in [0.3, 0.4) is 0 Å². The van der Waals surface area contributed by atoms with Gasteiger partial charge in [-0.2, -0.15) is 0 Å². The van der Waals surface area contributed by atoms with Crippen molar-refractivity contribution in [3.63, 3.8) is 0 Å². The lowest BCUT2D eigenvalue weighted by atomic mass is 10.0. The second kappa shape index (κ2) is 7.99. The summed E-state index contributed by atoms with van der Waals surface area (Å²) < 4.78 is 0. The Balaban J connectivity index is 0.00000208. The van der Waals surface area contributed by atoms with Crippen molar-refractivity contribution >= 4 is 29.2 Å². The first-order valence-corrected chi connectivity index (χ1v) is 7.81. The Bertz CT molecular complexity index is 800. The van der Waals surface area contributed by atoms with Crippen LogP contribution in [0.1, 0.15) is 24.1 Å². The van der Waals surface area contributed by atoms with E-state index in [0.29, 0.717) is 6.42 Å². The van der Waals surface area contributed by atoms with Gasteiger partial charge in [0.25, 0.3) is 0 Å². The van der Waals surface area contributed by atoms with Crippen LogP contribution in [0, 0.1) is 0 Å². The van der Waals surface area contributed by atoms with E-state index in [2.05, 4.69) is 10.3 Å². The molecule has 0 spiro atoms. The molecule has 0 aliphatic carbocycles. The number of amides is 1. The summed E-state index contributed by atoms with van der Waals surface area (Å²) in [5, 5.41) is 4.10.